The molecule has 1 rings (SSSR count). The van der Waals surface area contributed by atoms with Crippen LogP contribution in [0.25, 0.3) is 0 Å². The third-order valence-corrected chi connectivity index (χ3v) is 2.55. The van der Waals surface area contributed by atoms with Crippen molar-refractivity contribution < 1.29 is 9.90 Å². The van der Waals surface area contributed by atoms with Crippen LogP contribution in [0.15, 0.2) is 0 Å². The Labute approximate surface area is 73.4 Å². The molecule has 0 aromatic heterocycles. The molecule has 0 radical (unpaired) electrons. The second-order valence-corrected chi connectivity index (χ2v) is 4.22. The molecular weight excluding hydrogens is 154 g/mol. The molecule has 0 aromatic rings. The zero-order chi connectivity index (χ0) is 9.19. The van der Waals surface area contributed by atoms with Gasteiger partial charge in [0.05, 0.1) is 6.42 Å². The van der Waals surface area contributed by atoms with Crippen molar-refractivity contribution in [3.63, 3.8) is 0 Å². The van der Waals surface area contributed by atoms with Crippen molar-refractivity contribution in [3.8, 4) is 0 Å². The highest BCUT2D eigenvalue weighted by Crippen LogP contribution is 2.31. The molecule has 1 N–H and O–H groups in total. The SMILES string of the molecule is CN1CCCC(C)(CC(=O)O)C1. The molecule has 1 saturated heterocycles. The van der Waals surface area contributed by atoms with Crippen molar-refractivity contribution in [2.45, 2.75) is 26.2 Å². The van der Waals surface area contributed by atoms with Gasteiger partial charge in [-0.05, 0) is 31.8 Å². The molecule has 1 atom stereocenters. The molecule has 1 fully saturated rings. The first-order chi connectivity index (χ1) is 5.52. The average Bonchev–Trinajstić information content (AvgIpc) is 1.82. The predicted molar refractivity (Wildman–Crippen MR) is 47.1 cm³/mol. The summed E-state index contributed by atoms with van der Waals surface area (Å²) in [5.74, 6) is -0.673. The molecule has 0 aliphatic carbocycles. The number of carboxylic acid groups (broad SMARTS) is 1. The van der Waals surface area contributed by atoms with Gasteiger partial charge in [0.25, 0.3) is 0 Å². The van der Waals surface area contributed by atoms with E-state index < -0.39 is 5.97 Å². The standard InChI is InChI=1S/C9H17NO2/c1-9(6-8(11)12)4-3-5-10(2)7-9/h3-7H2,1-2H3,(H,11,12). The third-order valence-electron chi connectivity index (χ3n) is 2.55. The van der Waals surface area contributed by atoms with Crippen LogP contribution in [-0.4, -0.2) is 36.1 Å². The lowest BCUT2D eigenvalue weighted by Crippen LogP contribution is -2.40. The van der Waals surface area contributed by atoms with E-state index in [9.17, 15) is 4.79 Å². The lowest BCUT2D eigenvalue weighted by molar-refractivity contribution is -0.140. The maximum atomic E-state index is 10.6. The summed E-state index contributed by atoms with van der Waals surface area (Å²) in [6.45, 7) is 4.09. The molecule has 0 amide bonds. The first-order valence-corrected chi connectivity index (χ1v) is 4.42. The van der Waals surface area contributed by atoms with Gasteiger partial charge in [-0.1, -0.05) is 6.92 Å². The number of likely N-dealkylation sites (tertiary alicyclic amines) is 1. The van der Waals surface area contributed by atoms with Gasteiger partial charge in [0, 0.05) is 6.54 Å². The zero-order valence-corrected chi connectivity index (χ0v) is 7.84. The number of piperidine rings is 1. The van der Waals surface area contributed by atoms with Crippen LogP contribution >= 0.6 is 0 Å². The Kier molecular flexibility index (Phi) is 2.73. The van der Waals surface area contributed by atoms with E-state index in [1.54, 1.807) is 0 Å². The Hall–Kier alpha value is -0.570. The van der Waals surface area contributed by atoms with E-state index in [1.807, 2.05) is 0 Å². The molecule has 0 bridgehead atoms. The minimum absolute atomic E-state index is 0.00116. The quantitative estimate of drug-likeness (QED) is 0.678. The minimum Gasteiger partial charge on any atom is -0.481 e. The van der Waals surface area contributed by atoms with Crippen LogP contribution in [0, 0.1) is 5.41 Å². The van der Waals surface area contributed by atoms with E-state index in [-0.39, 0.29) is 5.41 Å². The maximum Gasteiger partial charge on any atom is 0.303 e. The first-order valence-electron chi connectivity index (χ1n) is 4.42. The monoisotopic (exact) mass is 171 g/mol. The smallest absolute Gasteiger partial charge is 0.303 e. The number of carboxylic acids is 1. The highest BCUT2D eigenvalue weighted by Gasteiger charge is 2.31. The van der Waals surface area contributed by atoms with E-state index in [0.717, 1.165) is 25.9 Å². The fourth-order valence-corrected chi connectivity index (χ4v) is 2.09. The van der Waals surface area contributed by atoms with Gasteiger partial charge in [-0.2, -0.15) is 0 Å². The first kappa shape index (κ1) is 9.52. The number of aliphatic carboxylic acids is 1. The van der Waals surface area contributed by atoms with E-state index in [1.165, 1.54) is 0 Å². The minimum atomic E-state index is -0.673. The van der Waals surface area contributed by atoms with E-state index in [2.05, 4.69) is 18.9 Å². The van der Waals surface area contributed by atoms with Crippen molar-refractivity contribution >= 4 is 5.97 Å². The fourth-order valence-electron chi connectivity index (χ4n) is 2.09. The Bertz CT molecular complexity index is 181. The summed E-state index contributed by atoms with van der Waals surface area (Å²) in [4.78, 5) is 12.8. The van der Waals surface area contributed by atoms with Crippen molar-refractivity contribution in [3.05, 3.63) is 0 Å². The number of hydrogen-bond acceptors (Lipinski definition) is 2. The summed E-state index contributed by atoms with van der Waals surface area (Å²) >= 11 is 0. The summed E-state index contributed by atoms with van der Waals surface area (Å²) in [6, 6.07) is 0. The highest BCUT2D eigenvalue weighted by molar-refractivity contribution is 5.67. The van der Waals surface area contributed by atoms with Crippen molar-refractivity contribution in [1.29, 1.82) is 0 Å². The summed E-state index contributed by atoms with van der Waals surface area (Å²) in [5.41, 5.74) is -0.00116. The lowest BCUT2D eigenvalue weighted by Gasteiger charge is -2.37. The second kappa shape index (κ2) is 3.44. The van der Waals surface area contributed by atoms with E-state index >= 15 is 0 Å². The second-order valence-electron chi connectivity index (χ2n) is 4.22. The summed E-state index contributed by atoms with van der Waals surface area (Å²) in [5, 5.41) is 8.70. The summed E-state index contributed by atoms with van der Waals surface area (Å²) < 4.78 is 0. The largest absolute Gasteiger partial charge is 0.481 e. The van der Waals surface area contributed by atoms with Gasteiger partial charge in [-0.3, -0.25) is 4.79 Å². The van der Waals surface area contributed by atoms with Crippen molar-refractivity contribution in [2.24, 2.45) is 5.41 Å². The maximum absolute atomic E-state index is 10.6. The summed E-state index contributed by atoms with van der Waals surface area (Å²) in [7, 11) is 2.05. The molecule has 0 aromatic carbocycles. The van der Waals surface area contributed by atoms with Crippen LogP contribution in [0.1, 0.15) is 26.2 Å². The number of carbonyl (C=O) groups is 1. The average molecular weight is 171 g/mol. The van der Waals surface area contributed by atoms with Gasteiger partial charge < -0.3 is 10.0 Å². The molecule has 70 valence electrons. The van der Waals surface area contributed by atoms with Crippen molar-refractivity contribution in [1.82, 2.24) is 4.90 Å². The zero-order valence-electron chi connectivity index (χ0n) is 7.84. The summed E-state index contributed by atoms with van der Waals surface area (Å²) in [6.07, 6.45) is 2.47. The normalized spacial score (nSPS) is 31.8. The van der Waals surface area contributed by atoms with Crippen LogP contribution in [0.3, 0.4) is 0 Å². The molecular formula is C9H17NO2. The Morgan fingerprint density at radius 3 is 2.83 bits per heavy atom. The van der Waals surface area contributed by atoms with E-state index in [0.29, 0.717) is 6.42 Å². The van der Waals surface area contributed by atoms with Gasteiger partial charge in [0.15, 0.2) is 0 Å². The predicted octanol–water partition coefficient (Wildman–Crippen LogP) is 1.19. The molecule has 1 aliphatic rings. The van der Waals surface area contributed by atoms with Gasteiger partial charge in [-0.15, -0.1) is 0 Å². The van der Waals surface area contributed by atoms with Crippen LogP contribution in [-0.2, 0) is 4.79 Å². The topological polar surface area (TPSA) is 40.5 Å². The van der Waals surface area contributed by atoms with Gasteiger partial charge in [0.1, 0.15) is 0 Å². The molecule has 0 spiro atoms. The van der Waals surface area contributed by atoms with E-state index in [4.69, 9.17) is 5.11 Å². The molecule has 1 unspecified atom stereocenters. The molecule has 12 heavy (non-hydrogen) atoms. The Morgan fingerprint density at radius 1 is 1.67 bits per heavy atom. The lowest BCUT2D eigenvalue weighted by atomic mass is 9.79. The highest BCUT2D eigenvalue weighted by atomic mass is 16.4. The van der Waals surface area contributed by atoms with Crippen molar-refractivity contribution in [2.75, 3.05) is 20.1 Å². The molecule has 1 aliphatic heterocycles. The molecule has 0 saturated carbocycles. The third kappa shape index (κ3) is 2.48. The Balaban J connectivity index is 2.51. The van der Waals surface area contributed by atoms with Gasteiger partial charge >= 0.3 is 5.97 Å². The number of hydrogen-bond donors (Lipinski definition) is 1. The molecule has 3 nitrogen and oxygen atoms in total. The Morgan fingerprint density at radius 2 is 2.33 bits per heavy atom. The number of rotatable bonds is 2. The van der Waals surface area contributed by atoms with Crippen LogP contribution in [0.5, 0.6) is 0 Å². The van der Waals surface area contributed by atoms with Crippen LogP contribution < -0.4 is 0 Å². The van der Waals surface area contributed by atoms with Gasteiger partial charge in [0.2, 0.25) is 0 Å². The molecule has 3 heteroatoms. The fraction of sp³-hybridized carbons (Fsp3) is 0.889. The van der Waals surface area contributed by atoms with Gasteiger partial charge in [-0.25, -0.2) is 0 Å². The number of nitrogens with zero attached hydrogens (tertiary/aromatic N) is 1. The van der Waals surface area contributed by atoms with Crippen LogP contribution in [0.2, 0.25) is 0 Å². The molecule has 1 heterocycles. The van der Waals surface area contributed by atoms with Crippen LogP contribution in [0.4, 0.5) is 0 Å².